The van der Waals surface area contributed by atoms with Crippen molar-refractivity contribution < 1.29 is 23.1 Å². The van der Waals surface area contributed by atoms with Gasteiger partial charge in [0, 0.05) is 36.3 Å². The molecule has 2 aromatic carbocycles. The van der Waals surface area contributed by atoms with Gasteiger partial charge >= 0.3 is 6.18 Å². The number of carbonyl (C=O) groups excluding carboxylic acids is 1. The van der Waals surface area contributed by atoms with E-state index in [0.717, 1.165) is 80.7 Å². The number of amides is 1. The first-order valence-corrected chi connectivity index (χ1v) is 11.5. The molecular weight excluding hydrogens is 502 g/mol. The molecule has 10 heteroatoms. The first kappa shape index (κ1) is 29.2. The molecule has 35 heavy (non-hydrogen) atoms. The summed E-state index contributed by atoms with van der Waals surface area (Å²) in [5.74, 6) is -0.252. The van der Waals surface area contributed by atoms with Crippen LogP contribution < -0.4 is 5.32 Å². The maximum atomic E-state index is 13.0. The van der Waals surface area contributed by atoms with Crippen LogP contribution in [-0.2, 0) is 25.8 Å². The van der Waals surface area contributed by atoms with E-state index >= 15 is 0 Å². The van der Waals surface area contributed by atoms with Gasteiger partial charge < -0.3 is 10.4 Å². The SMILES string of the molecule is Cl.Cl.O=C(NCc1cc(CN2CCCC2)c(O)c(CN2CCCC2)c1)c1cccc(C(F)(F)F)c1. The summed E-state index contributed by atoms with van der Waals surface area (Å²) in [5, 5.41) is 13.7. The first-order chi connectivity index (χ1) is 15.8. The zero-order valence-electron chi connectivity index (χ0n) is 19.4. The highest BCUT2D eigenvalue weighted by atomic mass is 35.5. The average molecular weight is 534 g/mol. The highest BCUT2D eigenvalue weighted by Crippen LogP contribution is 2.31. The Bertz CT molecular complexity index is 953. The Morgan fingerprint density at radius 3 is 1.89 bits per heavy atom. The predicted octanol–water partition coefficient (Wildman–Crippen LogP) is 5.38. The van der Waals surface area contributed by atoms with Gasteiger partial charge in [-0.2, -0.15) is 13.2 Å². The van der Waals surface area contributed by atoms with Gasteiger partial charge in [-0.3, -0.25) is 14.6 Å². The van der Waals surface area contributed by atoms with E-state index < -0.39 is 17.6 Å². The second kappa shape index (κ2) is 12.8. The van der Waals surface area contributed by atoms with Crippen molar-refractivity contribution in [2.75, 3.05) is 26.2 Å². The number of carbonyl (C=O) groups is 1. The number of likely N-dealkylation sites (tertiary alicyclic amines) is 2. The summed E-state index contributed by atoms with van der Waals surface area (Å²) < 4.78 is 38.9. The Kier molecular flexibility index (Phi) is 10.7. The van der Waals surface area contributed by atoms with Crippen LogP contribution in [0.15, 0.2) is 36.4 Å². The summed E-state index contributed by atoms with van der Waals surface area (Å²) in [5.41, 5.74) is 1.61. The van der Waals surface area contributed by atoms with Crippen LogP contribution in [0, 0.1) is 0 Å². The number of hydrogen-bond acceptors (Lipinski definition) is 4. The Labute approximate surface area is 216 Å². The van der Waals surface area contributed by atoms with Gasteiger partial charge in [-0.1, -0.05) is 6.07 Å². The van der Waals surface area contributed by atoms with Gasteiger partial charge in [-0.15, -0.1) is 24.8 Å². The number of phenolic OH excluding ortho intramolecular Hbond substituents is 1. The lowest BCUT2D eigenvalue weighted by Gasteiger charge is -2.21. The predicted molar refractivity (Wildman–Crippen MR) is 134 cm³/mol. The number of nitrogens with one attached hydrogen (secondary N) is 1. The third-order valence-electron chi connectivity index (χ3n) is 6.42. The highest BCUT2D eigenvalue weighted by Gasteiger charge is 2.31. The van der Waals surface area contributed by atoms with Crippen LogP contribution in [0.3, 0.4) is 0 Å². The minimum absolute atomic E-state index is 0. The van der Waals surface area contributed by atoms with E-state index in [4.69, 9.17) is 0 Å². The third-order valence-corrected chi connectivity index (χ3v) is 6.42. The van der Waals surface area contributed by atoms with Gasteiger partial charge in [0.25, 0.3) is 5.91 Å². The maximum absolute atomic E-state index is 13.0. The Morgan fingerprint density at radius 1 is 0.886 bits per heavy atom. The fourth-order valence-corrected chi connectivity index (χ4v) is 4.66. The summed E-state index contributed by atoms with van der Waals surface area (Å²) in [4.78, 5) is 17.2. The van der Waals surface area contributed by atoms with E-state index in [9.17, 15) is 23.1 Å². The lowest BCUT2D eigenvalue weighted by Crippen LogP contribution is -2.24. The van der Waals surface area contributed by atoms with Crippen LogP contribution >= 0.6 is 24.8 Å². The zero-order chi connectivity index (χ0) is 23.4. The quantitative estimate of drug-likeness (QED) is 0.501. The normalized spacial score (nSPS) is 16.5. The fraction of sp³-hybridized carbons (Fsp3) is 0.480. The number of hydrogen-bond donors (Lipinski definition) is 2. The minimum atomic E-state index is -4.50. The molecule has 2 aromatic rings. The molecule has 1 amide bonds. The van der Waals surface area contributed by atoms with E-state index in [1.807, 2.05) is 12.1 Å². The highest BCUT2D eigenvalue weighted by molar-refractivity contribution is 5.94. The molecule has 2 saturated heterocycles. The average Bonchev–Trinajstić information content (AvgIpc) is 3.49. The van der Waals surface area contributed by atoms with Crippen molar-refractivity contribution in [2.24, 2.45) is 0 Å². The van der Waals surface area contributed by atoms with Crippen molar-refractivity contribution in [3.63, 3.8) is 0 Å². The molecule has 0 saturated carbocycles. The van der Waals surface area contributed by atoms with Crippen molar-refractivity contribution in [1.29, 1.82) is 0 Å². The largest absolute Gasteiger partial charge is 0.507 e. The number of aromatic hydroxyl groups is 1. The molecule has 2 aliphatic rings. The summed E-state index contributed by atoms with van der Waals surface area (Å²) >= 11 is 0. The molecule has 0 spiro atoms. The van der Waals surface area contributed by atoms with E-state index in [1.54, 1.807) is 0 Å². The lowest BCUT2D eigenvalue weighted by molar-refractivity contribution is -0.137. The van der Waals surface area contributed by atoms with Gasteiger partial charge in [0.2, 0.25) is 0 Å². The molecule has 5 nitrogen and oxygen atoms in total. The van der Waals surface area contributed by atoms with Crippen molar-refractivity contribution in [3.05, 3.63) is 64.2 Å². The van der Waals surface area contributed by atoms with Gasteiger partial charge in [0.05, 0.1) is 5.56 Å². The van der Waals surface area contributed by atoms with Crippen LogP contribution in [0.2, 0.25) is 0 Å². The third kappa shape index (κ3) is 7.74. The van der Waals surface area contributed by atoms with Gasteiger partial charge in [0.15, 0.2) is 0 Å². The second-order valence-corrected chi connectivity index (χ2v) is 8.99. The Hall–Kier alpha value is -2.00. The van der Waals surface area contributed by atoms with E-state index in [0.29, 0.717) is 18.8 Å². The number of phenols is 1. The molecule has 0 radical (unpaired) electrons. The van der Waals surface area contributed by atoms with Crippen LogP contribution in [0.4, 0.5) is 13.2 Å². The Morgan fingerprint density at radius 2 is 1.40 bits per heavy atom. The molecular formula is C25H32Cl2F3N3O2. The zero-order valence-corrected chi connectivity index (χ0v) is 21.1. The van der Waals surface area contributed by atoms with Crippen molar-refractivity contribution >= 4 is 30.7 Å². The monoisotopic (exact) mass is 533 g/mol. The Balaban J connectivity index is 0.00000216. The number of rotatable bonds is 7. The molecule has 194 valence electrons. The number of benzene rings is 2. The number of halogens is 5. The topological polar surface area (TPSA) is 55.8 Å². The van der Waals surface area contributed by atoms with Gasteiger partial charge in [-0.05, 0) is 87.8 Å². The minimum Gasteiger partial charge on any atom is -0.507 e. The molecule has 2 aliphatic heterocycles. The van der Waals surface area contributed by atoms with Crippen LogP contribution in [0.5, 0.6) is 5.75 Å². The molecule has 2 N–H and O–H groups in total. The van der Waals surface area contributed by atoms with E-state index in [2.05, 4.69) is 15.1 Å². The maximum Gasteiger partial charge on any atom is 0.416 e. The van der Waals surface area contributed by atoms with E-state index in [1.165, 1.54) is 12.1 Å². The molecule has 0 aromatic heterocycles. The summed E-state index contributed by atoms with van der Waals surface area (Å²) in [7, 11) is 0. The summed E-state index contributed by atoms with van der Waals surface area (Å²) in [6, 6.07) is 8.22. The molecule has 4 rings (SSSR count). The number of alkyl halides is 3. The van der Waals surface area contributed by atoms with Crippen LogP contribution in [0.25, 0.3) is 0 Å². The molecule has 2 heterocycles. The standard InChI is InChI=1S/C25H30F3N3O2.2ClH/c26-25(27,28)22-7-5-6-19(14-22)24(33)29-15-18-12-20(16-30-8-1-2-9-30)23(32)21(13-18)17-31-10-3-4-11-31;;/h5-7,12-14,32H,1-4,8-11,15-17H2,(H,29,33);2*1H. The smallest absolute Gasteiger partial charge is 0.416 e. The van der Waals surface area contributed by atoms with Crippen molar-refractivity contribution in [2.45, 2.75) is 51.5 Å². The van der Waals surface area contributed by atoms with Crippen molar-refractivity contribution in [3.8, 4) is 5.75 Å². The number of nitrogens with zero attached hydrogens (tertiary/aromatic N) is 2. The molecule has 2 fully saturated rings. The van der Waals surface area contributed by atoms with Gasteiger partial charge in [-0.25, -0.2) is 0 Å². The first-order valence-electron chi connectivity index (χ1n) is 11.5. The van der Waals surface area contributed by atoms with E-state index in [-0.39, 0.29) is 36.9 Å². The lowest BCUT2D eigenvalue weighted by atomic mass is 10.0. The summed E-state index contributed by atoms with van der Waals surface area (Å²) in [6.45, 7) is 5.46. The summed E-state index contributed by atoms with van der Waals surface area (Å²) in [6.07, 6.45) is 0.0900. The van der Waals surface area contributed by atoms with Crippen LogP contribution in [0.1, 0.15) is 58.3 Å². The molecule has 0 bridgehead atoms. The second-order valence-electron chi connectivity index (χ2n) is 8.99. The molecule has 0 unspecified atom stereocenters. The van der Waals surface area contributed by atoms with Crippen molar-refractivity contribution in [1.82, 2.24) is 15.1 Å². The van der Waals surface area contributed by atoms with Gasteiger partial charge in [0.1, 0.15) is 5.75 Å². The van der Waals surface area contributed by atoms with Crippen LogP contribution in [-0.4, -0.2) is 47.0 Å². The fourth-order valence-electron chi connectivity index (χ4n) is 4.66. The molecule has 0 aliphatic carbocycles. The molecule has 0 atom stereocenters.